The van der Waals surface area contributed by atoms with Crippen LogP contribution in [0.15, 0.2) is 83.0 Å². The van der Waals surface area contributed by atoms with Crippen LogP contribution >= 0.6 is 0 Å². The quantitative estimate of drug-likeness (QED) is 0.698. The van der Waals surface area contributed by atoms with Crippen LogP contribution in [-0.4, -0.2) is 5.54 Å². The topological polar surface area (TPSA) is 24.7 Å². The van der Waals surface area contributed by atoms with Crippen molar-refractivity contribution in [1.29, 1.82) is 0 Å². The van der Waals surface area contributed by atoms with E-state index in [-0.39, 0.29) is 16.5 Å². The Morgan fingerprint density at radius 2 is 1.42 bits per heavy atom. The summed E-state index contributed by atoms with van der Waals surface area (Å²) in [4.78, 5) is 0. The minimum absolute atomic E-state index is 0.0262. The molecule has 5 rings (SSSR count). The minimum atomic E-state index is -0.238. The fraction of sp³-hybridized carbons (Fsp3) is 0.364. The molecule has 1 heterocycles. The molecule has 2 bridgehead atoms. The van der Waals surface area contributed by atoms with Crippen molar-refractivity contribution in [2.45, 2.75) is 31.3 Å². The first-order valence-corrected chi connectivity index (χ1v) is 8.84. The highest BCUT2D eigenvalue weighted by Gasteiger charge is 2.77. The van der Waals surface area contributed by atoms with Crippen LogP contribution in [-0.2, 0) is 12.0 Å². The summed E-state index contributed by atoms with van der Waals surface area (Å²) in [6, 6.07) is 21.7. The molecular weight excluding hydrogens is 292 g/mol. The van der Waals surface area contributed by atoms with Gasteiger partial charge in [-0.2, -0.15) is 10.2 Å². The normalized spacial score (nSPS) is 41.2. The van der Waals surface area contributed by atoms with E-state index in [1.165, 1.54) is 11.1 Å². The number of hydrogen-bond donors (Lipinski definition) is 0. The molecule has 0 unspecified atom stereocenters. The molecule has 2 nitrogen and oxygen atoms in total. The molecule has 2 aromatic carbocycles. The van der Waals surface area contributed by atoms with E-state index in [1.54, 1.807) is 0 Å². The summed E-state index contributed by atoms with van der Waals surface area (Å²) in [6.45, 7) is 4.73. The molecule has 5 atom stereocenters. The van der Waals surface area contributed by atoms with Crippen molar-refractivity contribution in [2.24, 2.45) is 27.5 Å². The zero-order valence-corrected chi connectivity index (χ0v) is 14.2. The molecule has 1 aliphatic heterocycles. The fourth-order valence-corrected chi connectivity index (χ4v) is 5.51. The lowest BCUT2D eigenvalue weighted by atomic mass is 9.61. The lowest BCUT2D eigenvalue weighted by molar-refractivity contribution is 0.144. The zero-order chi connectivity index (χ0) is 16.4. The maximum atomic E-state index is 4.98. The fourth-order valence-electron chi connectivity index (χ4n) is 5.51. The molecule has 0 radical (unpaired) electrons. The number of fused-ring (bicyclic) bond motifs is 5. The van der Waals surface area contributed by atoms with Gasteiger partial charge in [-0.3, -0.25) is 0 Å². The van der Waals surface area contributed by atoms with Gasteiger partial charge in [0.2, 0.25) is 0 Å². The van der Waals surface area contributed by atoms with Gasteiger partial charge >= 0.3 is 0 Å². The third kappa shape index (κ3) is 1.39. The van der Waals surface area contributed by atoms with Gasteiger partial charge in [0.25, 0.3) is 0 Å². The van der Waals surface area contributed by atoms with E-state index in [4.69, 9.17) is 10.2 Å². The van der Waals surface area contributed by atoms with Gasteiger partial charge in [0.15, 0.2) is 0 Å². The standard InChI is InChI=1S/C22H22N2/c1-20(15-16-9-5-3-6-10-16)21(2)18-13-14-19(18)22(20,24-23-21)17-11-7-4-8-12-17/h3-14,18-19H,15H2,1-2H3/t18-,19+,20+,21-,22+/m1/s1. The van der Waals surface area contributed by atoms with Crippen molar-refractivity contribution in [3.8, 4) is 0 Å². The van der Waals surface area contributed by atoms with Gasteiger partial charge in [-0.25, -0.2) is 0 Å². The molecule has 2 aromatic rings. The van der Waals surface area contributed by atoms with Gasteiger partial charge in [0.05, 0.1) is 5.54 Å². The number of benzene rings is 2. The first-order valence-electron chi connectivity index (χ1n) is 8.84. The Hall–Kier alpha value is -2.22. The van der Waals surface area contributed by atoms with Crippen LogP contribution in [0.2, 0.25) is 0 Å². The Kier molecular flexibility index (Phi) is 2.62. The molecule has 120 valence electrons. The molecule has 2 aliphatic carbocycles. The number of nitrogens with zero attached hydrogens (tertiary/aromatic N) is 2. The Morgan fingerprint density at radius 1 is 0.792 bits per heavy atom. The Balaban J connectivity index is 1.71. The average molecular weight is 314 g/mol. The SMILES string of the molecule is C[C@]1(Cc2ccccc2)[C@]2(C)N=N[C@@]1(c1ccccc1)[C@H]1C=C[C@H]12. The second-order valence-electron chi connectivity index (χ2n) is 7.91. The van der Waals surface area contributed by atoms with Gasteiger partial charge in [-0.05, 0) is 24.5 Å². The van der Waals surface area contributed by atoms with E-state index in [2.05, 4.69) is 86.7 Å². The summed E-state index contributed by atoms with van der Waals surface area (Å²) in [5, 5.41) is 9.87. The van der Waals surface area contributed by atoms with Crippen molar-refractivity contribution in [3.63, 3.8) is 0 Å². The highest BCUT2D eigenvalue weighted by Crippen LogP contribution is 2.74. The summed E-state index contributed by atoms with van der Waals surface area (Å²) >= 11 is 0. The molecule has 3 aliphatic rings. The van der Waals surface area contributed by atoms with Gasteiger partial charge in [0, 0.05) is 17.3 Å². The van der Waals surface area contributed by atoms with Gasteiger partial charge in [-0.1, -0.05) is 79.7 Å². The number of rotatable bonds is 3. The van der Waals surface area contributed by atoms with E-state index in [0.29, 0.717) is 11.8 Å². The summed E-state index contributed by atoms with van der Waals surface area (Å²) < 4.78 is 0. The van der Waals surface area contributed by atoms with Crippen LogP contribution in [0.3, 0.4) is 0 Å². The number of hydrogen-bond acceptors (Lipinski definition) is 2. The Labute approximate surface area is 143 Å². The maximum Gasteiger partial charge on any atom is 0.121 e. The first-order chi connectivity index (χ1) is 11.6. The maximum absolute atomic E-state index is 4.98. The molecule has 0 spiro atoms. The van der Waals surface area contributed by atoms with Gasteiger partial charge < -0.3 is 0 Å². The van der Waals surface area contributed by atoms with Gasteiger partial charge in [-0.15, -0.1) is 0 Å². The third-order valence-corrected chi connectivity index (χ3v) is 7.03. The van der Waals surface area contributed by atoms with E-state index in [0.717, 1.165) is 6.42 Å². The van der Waals surface area contributed by atoms with Crippen molar-refractivity contribution in [1.82, 2.24) is 0 Å². The molecule has 24 heavy (non-hydrogen) atoms. The largest absolute Gasteiger partial charge is 0.185 e. The summed E-state index contributed by atoms with van der Waals surface area (Å²) in [5.41, 5.74) is 2.30. The molecule has 0 N–H and O–H groups in total. The van der Waals surface area contributed by atoms with E-state index in [1.807, 2.05) is 0 Å². The highest BCUT2D eigenvalue weighted by molar-refractivity contribution is 5.47. The van der Waals surface area contributed by atoms with Crippen LogP contribution in [0.1, 0.15) is 25.0 Å². The van der Waals surface area contributed by atoms with E-state index in [9.17, 15) is 0 Å². The lowest BCUT2D eigenvalue weighted by Gasteiger charge is -2.42. The van der Waals surface area contributed by atoms with Crippen molar-refractivity contribution >= 4 is 0 Å². The van der Waals surface area contributed by atoms with Crippen molar-refractivity contribution in [3.05, 3.63) is 83.9 Å². The molecule has 0 amide bonds. The molecule has 1 saturated carbocycles. The van der Waals surface area contributed by atoms with Crippen molar-refractivity contribution in [2.75, 3.05) is 0 Å². The predicted octanol–water partition coefficient (Wildman–Crippen LogP) is 5.17. The highest BCUT2D eigenvalue weighted by atomic mass is 15.3. The minimum Gasteiger partial charge on any atom is -0.185 e. The monoisotopic (exact) mass is 314 g/mol. The van der Waals surface area contributed by atoms with Gasteiger partial charge in [0.1, 0.15) is 5.54 Å². The van der Waals surface area contributed by atoms with Crippen LogP contribution < -0.4 is 0 Å². The van der Waals surface area contributed by atoms with Crippen LogP contribution in [0, 0.1) is 17.3 Å². The second kappa shape index (κ2) is 4.44. The molecule has 2 heteroatoms. The third-order valence-electron chi connectivity index (χ3n) is 7.03. The average Bonchev–Trinajstić information content (AvgIpc) is 2.83. The second-order valence-corrected chi connectivity index (χ2v) is 7.91. The van der Waals surface area contributed by atoms with Crippen molar-refractivity contribution < 1.29 is 0 Å². The Bertz CT molecular complexity index is 841. The molecule has 0 saturated heterocycles. The number of azo groups is 1. The molecule has 0 aromatic heterocycles. The zero-order valence-electron chi connectivity index (χ0n) is 14.2. The molecule has 1 fully saturated rings. The summed E-state index contributed by atoms with van der Waals surface area (Å²) in [6.07, 6.45) is 5.72. The van der Waals surface area contributed by atoms with Crippen LogP contribution in [0.5, 0.6) is 0 Å². The van der Waals surface area contributed by atoms with Crippen LogP contribution in [0.25, 0.3) is 0 Å². The Morgan fingerprint density at radius 3 is 2.04 bits per heavy atom. The van der Waals surface area contributed by atoms with Crippen LogP contribution in [0.4, 0.5) is 0 Å². The summed E-state index contributed by atoms with van der Waals surface area (Å²) in [5.74, 6) is 0.972. The lowest BCUT2D eigenvalue weighted by Crippen LogP contribution is -2.47. The van der Waals surface area contributed by atoms with E-state index >= 15 is 0 Å². The van der Waals surface area contributed by atoms with E-state index < -0.39 is 0 Å². The first kappa shape index (κ1) is 14.2. The summed E-state index contributed by atoms with van der Waals surface area (Å²) in [7, 11) is 0. The predicted molar refractivity (Wildman–Crippen MR) is 95.8 cm³/mol. The molecular formula is C22H22N2. The smallest absolute Gasteiger partial charge is 0.121 e.